The minimum Gasteiger partial charge on any atom is -0.279 e. The number of nitrogens with one attached hydrogen (secondary N) is 1. The molecule has 20 heavy (non-hydrogen) atoms. The van der Waals surface area contributed by atoms with Crippen LogP contribution >= 0.6 is 11.6 Å². The monoisotopic (exact) mass is 280 g/mol. The van der Waals surface area contributed by atoms with Crippen molar-refractivity contribution in [3.63, 3.8) is 0 Å². The number of nitrogens with zero attached hydrogens (tertiary/aromatic N) is 1. The van der Waals surface area contributed by atoms with Crippen LogP contribution in [0, 0.1) is 0 Å². The van der Waals surface area contributed by atoms with E-state index in [0.717, 1.165) is 11.3 Å². The fraction of sp³-hybridized carbons (Fsp3) is 0. The lowest BCUT2D eigenvalue weighted by molar-refractivity contribution is 1.35. The second kappa shape index (κ2) is 5.76. The molecular formula is C17H13ClN2. The minimum atomic E-state index is 0.717. The van der Waals surface area contributed by atoms with E-state index in [-0.39, 0.29) is 0 Å². The Morgan fingerprint density at radius 2 is 1.60 bits per heavy atom. The largest absolute Gasteiger partial charge is 0.279 e. The molecule has 0 atom stereocenters. The molecule has 0 heterocycles. The third-order valence-corrected chi connectivity index (χ3v) is 3.28. The summed E-state index contributed by atoms with van der Waals surface area (Å²) in [5, 5.41) is 7.39. The number of hydrogen-bond donors (Lipinski definition) is 1. The number of hydrogen-bond acceptors (Lipinski definition) is 2. The van der Waals surface area contributed by atoms with E-state index in [1.165, 1.54) is 10.8 Å². The van der Waals surface area contributed by atoms with Crippen molar-refractivity contribution in [1.29, 1.82) is 0 Å². The van der Waals surface area contributed by atoms with Gasteiger partial charge in [-0.25, -0.2) is 0 Å². The van der Waals surface area contributed by atoms with E-state index >= 15 is 0 Å². The van der Waals surface area contributed by atoms with E-state index < -0.39 is 0 Å². The van der Waals surface area contributed by atoms with Crippen molar-refractivity contribution in [2.75, 3.05) is 5.43 Å². The van der Waals surface area contributed by atoms with Crippen LogP contribution in [0.5, 0.6) is 0 Å². The number of fused-ring (bicyclic) bond motifs is 1. The normalized spacial score (nSPS) is 11.1. The van der Waals surface area contributed by atoms with E-state index in [0.29, 0.717) is 5.02 Å². The van der Waals surface area contributed by atoms with E-state index in [4.69, 9.17) is 11.6 Å². The minimum absolute atomic E-state index is 0.717. The zero-order valence-electron chi connectivity index (χ0n) is 10.8. The summed E-state index contributed by atoms with van der Waals surface area (Å²) in [7, 11) is 0. The molecule has 3 aromatic rings. The molecule has 1 N–H and O–H groups in total. The average Bonchev–Trinajstić information content (AvgIpc) is 2.49. The molecule has 3 rings (SSSR count). The van der Waals surface area contributed by atoms with Crippen LogP contribution in [0.25, 0.3) is 10.8 Å². The first-order chi connectivity index (χ1) is 9.81. The van der Waals surface area contributed by atoms with Gasteiger partial charge in [-0.2, -0.15) is 5.10 Å². The Morgan fingerprint density at radius 1 is 0.850 bits per heavy atom. The molecule has 98 valence electrons. The summed E-state index contributed by atoms with van der Waals surface area (Å²) in [6, 6.07) is 22.0. The van der Waals surface area contributed by atoms with Gasteiger partial charge in [0.1, 0.15) is 0 Å². The Labute approximate surface area is 122 Å². The second-order valence-electron chi connectivity index (χ2n) is 4.48. The highest BCUT2D eigenvalue weighted by Crippen LogP contribution is 2.15. The van der Waals surface area contributed by atoms with Gasteiger partial charge in [0.25, 0.3) is 0 Å². The molecule has 0 spiro atoms. The van der Waals surface area contributed by atoms with Crippen molar-refractivity contribution in [1.82, 2.24) is 0 Å². The summed E-state index contributed by atoms with van der Waals surface area (Å²) in [5.41, 5.74) is 4.95. The van der Waals surface area contributed by atoms with E-state index in [2.05, 4.69) is 40.9 Å². The van der Waals surface area contributed by atoms with Crippen LogP contribution in [0.3, 0.4) is 0 Å². The van der Waals surface area contributed by atoms with Gasteiger partial charge in [0.15, 0.2) is 0 Å². The van der Waals surface area contributed by atoms with E-state index in [1.54, 1.807) is 6.21 Å². The molecule has 0 fully saturated rings. The predicted molar refractivity (Wildman–Crippen MR) is 86.6 cm³/mol. The molecule has 0 unspecified atom stereocenters. The number of benzene rings is 3. The topological polar surface area (TPSA) is 24.4 Å². The Kier molecular flexibility index (Phi) is 3.66. The molecule has 2 nitrogen and oxygen atoms in total. The van der Waals surface area contributed by atoms with Gasteiger partial charge in [0, 0.05) is 5.02 Å². The smallest absolute Gasteiger partial charge is 0.0562 e. The molecule has 3 heteroatoms. The summed E-state index contributed by atoms with van der Waals surface area (Å²) >= 11 is 5.83. The third kappa shape index (κ3) is 2.98. The van der Waals surface area contributed by atoms with Crippen LogP contribution < -0.4 is 5.43 Å². The Hall–Kier alpha value is -2.32. The van der Waals surface area contributed by atoms with Crippen molar-refractivity contribution in [2.45, 2.75) is 0 Å². The van der Waals surface area contributed by atoms with Gasteiger partial charge in [0.05, 0.1) is 11.9 Å². The summed E-state index contributed by atoms with van der Waals surface area (Å²) < 4.78 is 0. The van der Waals surface area contributed by atoms with Crippen LogP contribution in [0.15, 0.2) is 71.8 Å². The quantitative estimate of drug-likeness (QED) is 0.533. The maximum Gasteiger partial charge on any atom is 0.0562 e. The van der Waals surface area contributed by atoms with Gasteiger partial charge >= 0.3 is 0 Å². The highest BCUT2D eigenvalue weighted by molar-refractivity contribution is 6.30. The fourth-order valence-electron chi connectivity index (χ4n) is 1.99. The first-order valence-corrected chi connectivity index (χ1v) is 6.72. The van der Waals surface area contributed by atoms with Crippen molar-refractivity contribution >= 4 is 34.3 Å². The summed E-state index contributed by atoms with van der Waals surface area (Å²) in [5.74, 6) is 0. The molecule has 0 saturated carbocycles. The van der Waals surface area contributed by atoms with Crippen molar-refractivity contribution in [3.05, 3.63) is 77.3 Å². The van der Waals surface area contributed by atoms with Crippen LogP contribution in [-0.2, 0) is 0 Å². The molecule has 0 aromatic heterocycles. The SMILES string of the molecule is Clc1ccc(N/N=C\c2ccc3ccccc3c2)cc1. The van der Waals surface area contributed by atoms with Gasteiger partial charge in [-0.1, -0.05) is 48.0 Å². The van der Waals surface area contributed by atoms with Crippen LogP contribution in [0.4, 0.5) is 5.69 Å². The van der Waals surface area contributed by atoms with Crippen LogP contribution in [0.2, 0.25) is 5.02 Å². The molecule has 3 aromatic carbocycles. The molecule has 0 radical (unpaired) electrons. The fourth-order valence-corrected chi connectivity index (χ4v) is 2.12. The molecule has 0 aliphatic rings. The van der Waals surface area contributed by atoms with Crippen LogP contribution in [-0.4, -0.2) is 6.21 Å². The Morgan fingerprint density at radius 3 is 2.40 bits per heavy atom. The Bertz CT molecular complexity index is 748. The lowest BCUT2D eigenvalue weighted by Crippen LogP contribution is -1.90. The van der Waals surface area contributed by atoms with Gasteiger partial charge in [-0.05, 0) is 46.7 Å². The maximum atomic E-state index is 5.83. The lowest BCUT2D eigenvalue weighted by Gasteiger charge is -2.01. The van der Waals surface area contributed by atoms with Crippen molar-refractivity contribution in [2.24, 2.45) is 5.10 Å². The van der Waals surface area contributed by atoms with Gasteiger partial charge < -0.3 is 0 Å². The second-order valence-corrected chi connectivity index (χ2v) is 4.92. The number of halogens is 1. The lowest BCUT2D eigenvalue weighted by atomic mass is 10.1. The summed E-state index contributed by atoms with van der Waals surface area (Å²) in [4.78, 5) is 0. The first-order valence-electron chi connectivity index (χ1n) is 6.35. The highest BCUT2D eigenvalue weighted by atomic mass is 35.5. The van der Waals surface area contributed by atoms with Gasteiger partial charge in [0.2, 0.25) is 0 Å². The maximum absolute atomic E-state index is 5.83. The molecule has 0 aliphatic carbocycles. The Balaban J connectivity index is 1.75. The zero-order chi connectivity index (χ0) is 13.8. The molecule has 0 aliphatic heterocycles. The first kappa shape index (κ1) is 12.7. The van der Waals surface area contributed by atoms with E-state index in [1.807, 2.05) is 36.4 Å². The number of rotatable bonds is 3. The molecule has 0 saturated heterocycles. The summed E-state index contributed by atoms with van der Waals surface area (Å²) in [6.07, 6.45) is 1.81. The van der Waals surface area contributed by atoms with E-state index in [9.17, 15) is 0 Å². The van der Waals surface area contributed by atoms with Gasteiger partial charge in [-0.15, -0.1) is 0 Å². The number of anilines is 1. The van der Waals surface area contributed by atoms with Crippen molar-refractivity contribution in [3.8, 4) is 0 Å². The number of hydrazone groups is 1. The predicted octanol–water partition coefficient (Wildman–Crippen LogP) is 4.94. The third-order valence-electron chi connectivity index (χ3n) is 3.03. The molecule has 0 amide bonds. The standard InChI is InChI=1S/C17H13ClN2/c18-16-7-9-17(10-8-16)20-19-12-13-5-6-14-3-1-2-4-15(14)11-13/h1-12,20H/b19-12-. The zero-order valence-corrected chi connectivity index (χ0v) is 11.5. The van der Waals surface area contributed by atoms with Crippen LogP contribution in [0.1, 0.15) is 5.56 Å². The van der Waals surface area contributed by atoms with Gasteiger partial charge in [-0.3, -0.25) is 5.43 Å². The van der Waals surface area contributed by atoms with Crippen molar-refractivity contribution < 1.29 is 0 Å². The summed E-state index contributed by atoms with van der Waals surface area (Å²) in [6.45, 7) is 0. The molecule has 0 bridgehead atoms. The highest BCUT2D eigenvalue weighted by Gasteiger charge is 1.94. The molecular weight excluding hydrogens is 268 g/mol. The average molecular weight is 281 g/mol.